The van der Waals surface area contributed by atoms with Crippen LogP contribution in [0.15, 0.2) is 79.0 Å². The summed E-state index contributed by atoms with van der Waals surface area (Å²) >= 11 is 0. The molecule has 0 saturated heterocycles. The number of rotatable bonds is 8. The van der Waals surface area contributed by atoms with Gasteiger partial charge in [0.1, 0.15) is 17.7 Å². The average molecular weight is 494 g/mol. The molecule has 182 valence electrons. The summed E-state index contributed by atoms with van der Waals surface area (Å²) in [6.07, 6.45) is 4.52. The van der Waals surface area contributed by atoms with Crippen molar-refractivity contribution in [2.45, 2.75) is 50.0 Å². The lowest BCUT2D eigenvalue weighted by molar-refractivity contribution is 0.173. The molecule has 0 amide bonds. The molecule has 4 aromatic rings. The molecule has 1 N–H and O–H groups in total. The summed E-state index contributed by atoms with van der Waals surface area (Å²) in [6, 6.07) is 20.9. The molecule has 1 aliphatic rings. The summed E-state index contributed by atoms with van der Waals surface area (Å²) in [5, 5.41) is 4.97. The number of hydrogen-bond donors (Lipinski definition) is 1. The highest BCUT2D eigenvalue weighted by Gasteiger charge is 2.33. The number of hydrogen-bond acceptors (Lipinski definition) is 4. The van der Waals surface area contributed by atoms with Crippen LogP contribution in [0.2, 0.25) is 0 Å². The van der Waals surface area contributed by atoms with Crippen molar-refractivity contribution >= 4 is 20.9 Å². The van der Waals surface area contributed by atoms with Crippen LogP contribution >= 0.6 is 0 Å². The van der Waals surface area contributed by atoms with Gasteiger partial charge in [-0.05, 0) is 67.8 Å². The molecule has 0 aliphatic heterocycles. The Labute approximate surface area is 204 Å². The van der Waals surface area contributed by atoms with Gasteiger partial charge < -0.3 is 4.74 Å². The third-order valence-corrected chi connectivity index (χ3v) is 8.60. The highest BCUT2D eigenvalue weighted by atomic mass is 32.2. The zero-order valence-corrected chi connectivity index (χ0v) is 20.3. The topological polar surface area (TPSA) is 73.2 Å². The van der Waals surface area contributed by atoms with Crippen LogP contribution in [-0.2, 0) is 10.0 Å². The summed E-state index contributed by atoms with van der Waals surface area (Å²) < 4.78 is 50.3. The number of halogens is 1. The Morgan fingerprint density at radius 1 is 1.03 bits per heavy atom. The fraction of sp³-hybridized carbons (Fsp3) is 0.296. The Balaban J connectivity index is 1.42. The second-order valence-electron chi connectivity index (χ2n) is 9.06. The molecule has 1 fully saturated rings. The van der Waals surface area contributed by atoms with Gasteiger partial charge >= 0.3 is 0 Å². The largest absolute Gasteiger partial charge is 0.484 e. The Morgan fingerprint density at radius 3 is 2.46 bits per heavy atom. The van der Waals surface area contributed by atoms with Crippen LogP contribution in [0.5, 0.6) is 5.75 Å². The number of ether oxygens (including phenoxy) is 1. The maximum Gasteiger partial charge on any atom is 0.214 e. The van der Waals surface area contributed by atoms with Crippen molar-refractivity contribution in [3.8, 4) is 11.4 Å². The van der Waals surface area contributed by atoms with E-state index in [-0.39, 0.29) is 11.1 Å². The van der Waals surface area contributed by atoms with Gasteiger partial charge in [0.15, 0.2) is 0 Å². The van der Waals surface area contributed by atoms with Gasteiger partial charge in [-0.1, -0.05) is 43.2 Å². The average Bonchev–Trinajstić information content (AvgIpc) is 3.54. The molecule has 1 aromatic heterocycles. The Morgan fingerprint density at radius 2 is 1.74 bits per heavy atom. The Kier molecular flexibility index (Phi) is 6.58. The minimum absolute atomic E-state index is 0.300. The first-order valence-electron chi connectivity index (χ1n) is 11.9. The SMILES string of the molecule is C[C@H](NS(=O)(=O)C1CCCC1)[C@H](Oc1ccc2c(cnn2-c2ccc(F)cc2)c1)c1ccccc1. The van der Waals surface area contributed by atoms with E-state index in [0.29, 0.717) is 18.6 Å². The van der Waals surface area contributed by atoms with Crippen LogP contribution in [0.25, 0.3) is 16.6 Å². The van der Waals surface area contributed by atoms with Gasteiger partial charge in [0.05, 0.1) is 28.7 Å². The van der Waals surface area contributed by atoms with Crippen LogP contribution < -0.4 is 9.46 Å². The van der Waals surface area contributed by atoms with E-state index in [0.717, 1.165) is 35.0 Å². The van der Waals surface area contributed by atoms with E-state index < -0.39 is 22.2 Å². The summed E-state index contributed by atoms with van der Waals surface area (Å²) in [7, 11) is -3.44. The van der Waals surface area contributed by atoms with E-state index >= 15 is 0 Å². The molecule has 8 heteroatoms. The summed E-state index contributed by atoms with van der Waals surface area (Å²) in [5.74, 6) is 0.308. The maximum absolute atomic E-state index is 13.3. The number of nitrogens with zero attached hydrogens (tertiary/aromatic N) is 2. The van der Waals surface area contributed by atoms with Crippen LogP contribution in [0.1, 0.15) is 44.3 Å². The predicted octanol–water partition coefficient (Wildman–Crippen LogP) is 5.54. The van der Waals surface area contributed by atoms with Crippen LogP contribution in [0.4, 0.5) is 4.39 Å². The van der Waals surface area contributed by atoms with E-state index in [1.54, 1.807) is 23.0 Å². The molecule has 0 unspecified atom stereocenters. The minimum atomic E-state index is -3.44. The first-order valence-corrected chi connectivity index (χ1v) is 13.4. The van der Waals surface area contributed by atoms with Crippen LogP contribution in [0.3, 0.4) is 0 Å². The lowest BCUT2D eigenvalue weighted by atomic mass is 10.0. The van der Waals surface area contributed by atoms with E-state index in [1.807, 2.05) is 55.5 Å². The minimum Gasteiger partial charge on any atom is -0.484 e. The zero-order valence-electron chi connectivity index (χ0n) is 19.5. The lowest BCUT2D eigenvalue weighted by Crippen LogP contribution is -2.43. The molecule has 3 aromatic carbocycles. The van der Waals surface area contributed by atoms with Crippen molar-refractivity contribution in [3.63, 3.8) is 0 Å². The molecule has 1 heterocycles. The van der Waals surface area contributed by atoms with E-state index in [2.05, 4.69) is 9.82 Å². The number of fused-ring (bicyclic) bond motifs is 1. The van der Waals surface area contributed by atoms with Gasteiger partial charge in [-0.3, -0.25) is 0 Å². The molecule has 5 rings (SSSR count). The fourth-order valence-electron chi connectivity index (χ4n) is 4.74. The first-order chi connectivity index (χ1) is 16.9. The molecule has 2 atom stereocenters. The zero-order chi connectivity index (χ0) is 24.4. The first kappa shape index (κ1) is 23.5. The van der Waals surface area contributed by atoms with Gasteiger partial charge in [0.25, 0.3) is 0 Å². The smallest absolute Gasteiger partial charge is 0.214 e. The van der Waals surface area contributed by atoms with E-state index in [1.165, 1.54) is 12.1 Å². The maximum atomic E-state index is 13.3. The van der Waals surface area contributed by atoms with Crippen molar-refractivity contribution in [1.29, 1.82) is 0 Å². The third kappa shape index (κ3) is 5.09. The number of aromatic nitrogens is 2. The molecule has 1 saturated carbocycles. The summed E-state index contributed by atoms with van der Waals surface area (Å²) in [5.41, 5.74) is 2.50. The van der Waals surface area contributed by atoms with E-state index in [4.69, 9.17) is 4.74 Å². The van der Waals surface area contributed by atoms with Crippen molar-refractivity contribution in [1.82, 2.24) is 14.5 Å². The standard InChI is InChI=1S/C27H28FN3O3S/c1-19(30-35(32,33)25-9-5-6-10-25)27(20-7-3-2-4-8-20)34-24-15-16-26-21(17-24)18-29-31(26)23-13-11-22(28)12-14-23/h2-4,7-8,11-19,25,27,30H,5-6,9-10H2,1H3/t19-,27-/m0/s1. The fourth-order valence-corrected chi connectivity index (χ4v) is 6.52. The molecule has 0 bridgehead atoms. The Bertz CT molecular complexity index is 1400. The highest BCUT2D eigenvalue weighted by molar-refractivity contribution is 7.90. The normalized spacial score (nSPS) is 16.4. The molecular formula is C27H28FN3O3S. The van der Waals surface area contributed by atoms with Crippen LogP contribution in [-0.4, -0.2) is 29.5 Å². The van der Waals surface area contributed by atoms with Gasteiger partial charge in [0.2, 0.25) is 10.0 Å². The second kappa shape index (κ2) is 9.79. The summed E-state index contributed by atoms with van der Waals surface area (Å²) in [4.78, 5) is 0. The molecule has 1 aliphatic carbocycles. The molecule has 0 spiro atoms. The van der Waals surface area contributed by atoms with Gasteiger partial charge in [0, 0.05) is 5.39 Å². The second-order valence-corrected chi connectivity index (χ2v) is 11.1. The van der Waals surface area contributed by atoms with Gasteiger partial charge in [-0.15, -0.1) is 0 Å². The summed E-state index contributed by atoms with van der Waals surface area (Å²) in [6.45, 7) is 1.84. The molecule has 35 heavy (non-hydrogen) atoms. The number of benzene rings is 3. The monoisotopic (exact) mass is 493 g/mol. The van der Waals surface area contributed by atoms with Gasteiger partial charge in [-0.25, -0.2) is 22.2 Å². The lowest BCUT2D eigenvalue weighted by Gasteiger charge is -2.27. The van der Waals surface area contributed by atoms with Gasteiger partial charge in [-0.2, -0.15) is 5.10 Å². The quantitative estimate of drug-likeness (QED) is 0.350. The van der Waals surface area contributed by atoms with Crippen molar-refractivity contribution in [2.75, 3.05) is 0 Å². The molecule has 6 nitrogen and oxygen atoms in total. The number of sulfonamides is 1. The van der Waals surface area contributed by atoms with E-state index in [9.17, 15) is 12.8 Å². The highest BCUT2D eigenvalue weighted by Crippen LogP contribution is 2.30. The third-order valence-electron chi connectivity index (χ3n) is 6.55. The van der Waals surface area contributed by atoms with Crippen LogP contribution in [0, 0.1) is 5.82 Å². The number of nitrogens with one attached hydrogen (secondary N) is 1. The molecular weight excluding hydrogens is 465 g/mol. The Hall–Kier alpha value is -3.23. The van der Waals surface area contributed by atoms with Crippen molar-refractivity contribution < 1.29 is 17.5 Å². The molecule has 0 radical (unpaired) electrons. The van der Waals surface area contributed by atoms with Crippen molar-refractivity contribution in [2.24, 2.45) is 0 Å². The predicted molar refractivity (Wildman–Crippen MR) is 135 cm³/mol. The van der Waals surface area contributed by atoms with Crippen molar-refractivity contribution in [3.05, 3.63) is 90.4 Å².